The normalized spacial score (nSPS) is 17.6. The zero-order valence-electron chi connectivity index (χ0n) is 5.31. The first-order chi connectivity index (χ1) is 4.34. The molecule has 0 saturated heterocycles. The summed E-state index contributed by atoms with van der Waals surface area (Å²) in [6.45, 7) is 0.889. The molecule has 0 radical (unpaired) electrons. The van der Waals surface area contributed by atoms with Gasteiger partial charge in [-0.25, -0.2) is 0 Å². The van der Waals surface area contributed by atoms with Gasteiger partial charge in [-0.05, 0) is 6.08 Å². The summed E-state index contributed by atoms with van der Waals surface area (Å²) in [7, 11) is 1.87. The molecule has 0 saturated carbocycles. The molecule has 2 nitrogen and oxygen atoms in total. The van der Waals surface area contributed by atoms with Crippen LogP contribution >= 0.6 is 12.6 Å². The van der Waals surface area contributed by atoms with Gasteiger partial charge in [0.2, 0.25) is 0 Å². The minimum atomic E-state index is 0.889. The predicted molar refractivity (Wildman–Crippen MR) is 42.2 cm³/mol. The van der Waals surface area contributed by atoms with Crippen molar-refractivity contribution in [2.24, 2.45) is 0 Å². The molecular weight excluding hydrogens is 132 g/mol. The third-order valence-corrected chi connectivity index (χ3v) is 1.55. The summed E-state index contributed by atoms with van der Waals surface area (Å²) in [6, 6.07) is 0. The minimum Gasteiger partial charge on any atom is -0.374 e. The molecule has 0 aromatic heterocycles. The van der Waals surface area contributed by atoms with Crippen molar-refractivity contribution in [3.8, 4) is 0 Å². The molecule has 0 spiro atoms. The van der Waals surface area contributed by atoms with E-state index in [4.69, 9.17) is 0 Å². The summed E-state index contributed by atoms with van der Waals surface area (Å²) in [4.78, 5) is 0.962. The standard InChI is InChI=1S/C6H10N2S/c1-7-6-5(9)3-2-4-8-6/h2-3,7-9H,4H2,1H3. The van der Waals surface area contributed by atoms with Gasteiger partial charge in [0.15, 0.2) is 0 Å². The number of nitrogens with one attached hydrogen (secondary N) is 2. The van der Waals surface area contributed by atoms with Crippen molar-refractivity contribution in [3.63, 3.8) is 0 Å². The maximum Gasteiger partial charge on any atom is 0.112 e. The van der Waals surface area contributed by atoms with Crippen molar-refractivity contribution in [2.75, 3.05) is 13.6 Å². The lowest BCUT2D eigenvalue weighted by Gasteiger charge is -2.13. The van der Waals surface area contributed by atoms with Crippen molar-refractivity contribution < 1.29 is 0 Å². The van der Waals surface area contributed by atoms with Crippen molar-refractivity contribution in [1.29, 1.82) is 0 Å². The Kier molecular flexibility index (Phi) is 2.05. The molecular formula is C6H10N2S. The fourth-order valence-electron chi connectivity index (χ4n) is 0.722. The molecule has 3 heteroatoms. The summed E-state index contributed by atoms with van der Waals surface area (Å²) in [6.07, 6.45) is 4.01. The van der Waals surface area contributed by atoms with Gasteiger partial charge in [0.1, 0.15) is 5.82 Å². The molecule has 1 heterocycles. The molecule has 1 rings (SSSR count). The second-order valence-electron chi connectivity index (χ2n) is 1.79. The molecule has 0 unspecified atom stereocenters. The van der Waals surface area contributed by atoms with Crippen molar-refractivity contribution in [2.45, 2.75) is 0 Å². The molecule has 0 aromatic carbocycles. The highest BCUT2D eigenvalue weighted by Gasteiger charge is 1.99. The van der Waals surface area contributed by atoms with Crippen LogP contribution in [0, 0.1) is 0 Å². The fraction of sp³-hybridized carbons (Fsp3) is 0.333. The first kappa shape index (κ1) is 6.55. The van der Waals surface area contributed by atoms with Gasteiger partial charge in [-0.3, -0.25) is 0 Å². The summed E-state index contributed by atoms with van der Waals surface area (Å²) in [5.41, 5.74) is 0. The van der Waals surface area contributed by atoms with E-state index in [1.807, 2.05) is 19.2 Å². The van der Waals surface area contributed by atoms with Crippen LogP contribution in [0.4, 0.5) is 0 Å². The summed E-state index contributed by atoms with van der Waals surface area (Å²) < 4.78 is 0. The Morgan fingerprint density at radius 1 is 1.78 bits per heavy atom. The smallest absolute Gasteiger partial charge is 0.112 e. The van der Waals surface area contributed by atoms with Crippen LogP contribution in [0.25, 0.3) is 0 Å². The molecule has 1 aliphatic rings. The van der Waals surface area contributed by atoms with E-state index < -0.39 is 0 Å². The van der Waals surface area contributed by atoms with Gasteiger partial charge in [-0.1, -0.05) is 6.08 Å². The van der Waals surface area contributed by atoms with Crippen molar-refractivity contribution in [1.82, 2.24) is 10.6 Å². The van der Waals surface area contributed by atoms with E-state index >= 15 is 0 Å². The predicted octanol–water partition coefficient (Wildman–Crippen LogP) is 0.464. The van der Waals surface area contributed by atoms with Crippen LogP contribution in [0.5, 0.6) is 0 Å². The van der Waals surface area contributed by atoms with E-state index in [1.54, 1.807) is 0 Å². The molecule has 2 N–H and O–H groups in total. The van der Waals surface area contributed by atoms with Crippen LogP contribution in [0.15, 0.2) is 22.9 Å². The first-order valence-corrected chi connectivity index (χ1v) is 3.30. The Bertz CT molecular complexity index is 160. The molecule has 0 fully saturated rings. The van der Waals surface area contributed by atoms with Gasteiger partial charge in [0.05, 0.1) is 0 Å². The van der Waals surface area contributed by atoms with Crippen LogP contribution in [-0.4, -0.2) is 13.6 Å². The highest BCUT2D eigenvalue weighted by molar-refractivity contribution is 7.84. The van der Waals surface area contributed by atoms with Crippen LogP contribution in [0.1, 0.15) is 0 Å². The van der Waals surface area contributed by atoms with E-state index in [1.165, 1.54) is 0 Å². The van der Waals surface area contributed by atoms with Crippen LogP contribution in [0.2, 0.25) is 0 Å². The second-order valence-corrected chi connectivity index (χ2v) is 2.28. The number of allylic oxidation sites excluding steroid dienone is 1. The summed E-state index contributed by atoms with van der Waals surface area (Å²) in [5.74, 6) is 1.00. The Labute approximate surface area is 60.4 Å². The van der Waals surface area contributed by atoms with E-state index in [2.05, 4.69) is 23.3 Å². The second kappa shape index (κ2) is 2.82. The lowest BCUT2D eigenvalue weighted by Crippen LogP contribution is -2.26. The minimum absolute atomic E-state index is 0.889. The maximum atomic E-state index is 4.20. The first-order valence-electron chi connectivity index (χ1n) is 2.86. The van der Waals surface area contributed by atoms with E-state index in [9.17, 15) is 0 Å². The van der Waals surface area contributed by atoms with Gasteiger partial charge in [0.25, 0.3) is 0 Å². The molecule has 9 heavy (non-hydrogen) atoms. The van der Waals surface area contributed by atoms with Gasteiger partial charge >= 0.3 is 0 Å². The zero-order valence-corrected chi connectivity index (χ0v) is 6.20. The molecule has 0 atom stereocenters. The zero-order chi connectivity index (χ0) is 6.69. The SMILES string of the molecule is CNC1=C(S)C=CCN1. The monoisotopic (exact) mass is 142 g/mol. The molecule has 50 valence electrons. The number of thiol groups is 1. The third kappa shape index (κ3) is 1.42. The molecule has 0 bridgehead atoms. The summed E-state index contributed by atoms with van der Waals surface area (Å²) >= 11 is 4.20. The van der Waals surface area contributed by atoms with Gasteiger partial charge in [-0.2, -0.15) is 0 Å². The van der Waals surface area contributed by atoms with E-state index in [0.29, 0.717) is 0 Å². The lowest BCUT2D eigenvalue weighted by molar-refractivity contribution is 0.781. The number of hydrogen-bond acceptors (Lipinski definition) is 3. The van der Waals surface area contributed by atoms with Crippen molar-refractivity contribution >= 4 is 12.6 Å². The van der Waals surface area contributed by atoms with E-state index in [-0.39, 0.29) is 0 Å². The Morgan fingerprint density at radius 3 is 3.00 bits per heavy atom. The molecule has 0 aromatic rings. The van der Waals surface area contributed by atoms with Gasteiger partial charge < -0.3 is 10.6 Å². The number of rotatable bonds is 1. The lowest BCUT2D eigenvalue weighted by atomic mass is 10.3. The number of hydrogen-bond donors (Lipinski definition) is 3. The van der Waals surface area contributed by atoms with E-state index in [0.717, 1.165) is 17.3 Å². The fourth-order valence-corrected chi connectivity index (χ4v) is 1.02. The average Bonchev–Trinajstić information content (AvgIpc) is 1.89. The van der Waals surface area contributed by atoms with Crippen molar-refractivity contribution in [3.05, 3.63) is 22.9 Å². The highest BCUT2D eigenvalue weighted by atomic mass is 32.1. The Hall–Kier alpha value is -0.570. The Morgan fingerprint density at radius 2 is 2.56 bits per heavy atom. The maximum absolute atomic E-state index is 4.20. The third-order valence-electron chi connectivity index (χ3n) is 1.18. The highest BCUT2D eigenvalue weighted by Crippen LogP contribution is 2.08. The average molecular weight is 142 g/mol. The molecule has 1 aliphatic heterocycles. The number of dihydropyridines is 1. The van der Waals surface area contributed by atoms with Gasteiger partial charge in [0, 0.05) is 18.5 Å². The van der Waals surface area contributed by atoms with Crippen LogP contribution < -0.4 is 10.6 Å². The van der Waals surface area contributed by atoms with Crippen LogP contribution in [0.3, 0.4) is 0 Å². The van der Waals surface area contributed by atoms with Gasteiger partial charge in [-0.15, -0.1) is 12.6 Å². The van der Waals surface area contributed by atoms with Crippen LogP contribution in [-0.2, 0) is 0 Å². The Balaban J connectivity index is 2.72. The largest absolute Gasteiger partial charge is 0.374 e. The summed E-state index contributed by atoms with van der Waals surface area (Å²) in [5, 5.41) is 6.12. The molecule has 0 aliphatic carbocycles. The topological polar surface area (TPSA) is 24.1 Å². The molecule has 0 amide bonds. The quantitative estimate of drug-likeness (QED) is 0.463.